The highest BCUT2D eigenvalue weighted by molar-refractivity contribution is 5.89. The van der Waals surface area contributed by atoms with E-state index in [1.807, 2.05) is 0 Å². The third-order valence-electron chi connectivity index (χ3n) is 4.10. The van der Waals surface area contributed by atoms with Crippen LogP contribution in [-0.2, 0) is 4.79 Å². The molecule has 0 saturated carbocycles. The summed E-state index contributed by atoms with van der Waals surface area (Å²) in [5.74, 6) is -1.67. The summed E-state index contributed by atoms with van der Waals surface area (Å²) in [6, 6.07) is 8.70. The van der Waals surface area contributed by atoms with Crippen LogP contribution < -0.4 is 10.1 Å². The maximum Gasteiger partial charge on any atom is 0.321 e. The van der Waals surface area contributed by atoms with Crippen LogP contribution in [0.2, 0.25) is 0 Å². The summed E-state index contributed by atoms with van der Waals surface area (Å²) >= 11 is 0. The molecule has 1 aromatic heterocycles. The maximum absolute atomic E-state index is 13.6. The van der Waals surface area contributed by atoms with Crippen LogP contribution in [0.1, 0.15) is 12.8 Å². The zero-order valence-corrected chi connectivity index (χ0v) is 13.9. The van der Waals surface area contributed by atoms with Gasteiger partial charge in [0, 0.05) is 19.2 Å². The van der Waals surface area contributed by atoms with E-state index in [4.69, 9.17) is 9.84 Å². The Morgan fingerprint density at radius 3 is 2.77 bits per heavy atom. The number of para-hydroxylation sites is 1. The number of anilines is 1. The molecule has 1 aliphatic rings. The first-order valence-electron chi connectivity index (χ1n) is 8.20. The Morgan fingerprint density at radius 2 is 2.08 bits per heavy atom. The smallest absolute Gasteiger partial charge is 0.321 e. The first-order chi connectivity index (χ1) is 12.5. The summed E-state index contributed by atoms with van der Waals surface area (Å²) in [5.41, 5.74) is 0.438. The van der Waals surface area contributed by atoms with E-state index in [0.717, 1.165) is 0 Å². The number of carboxylic acid groups (broad SMARTS) is 1. The lowest BCUT2D eigenvalue weighted by atomic mass is 9.99. The number of nitrogens with zero attached hydrogens (tertiary/aromatic N) is 2. The molecule has 1 unspecified atom stereocenters. The Kier molecular flexibility index (Phi) is 5.31. The van der Waals surface area contributed by atoms with Crippen LogP contribution >= 0.6 is 0 Å². The van der Waals surface area contributed by atoms with E-state index in [9.17, 15) is 14.0 Å². The number of likely N-dealkylation sites (tertiary alicyclic amines) is 1. The first-order valence-corrected chi connectivity index (χ1v) is 8.20. The number of ether oxygens (including phenoxy) is 1. The lowest BCUT2D eigenvalue weighted by molar-refractivity contribution is -0.143. The zero-order chi connectivity index (χ0) is 18.5. The number of pyridine rings is 1. The molecule has 0 spiro atoms. The number of aliphatic carboxylic acids is 1. The van der Waals surface area contributed by atoms with Crippen molar-refractivity contribution >= 4 is 17.7 Å². The molecule has 2 aromatic rings. The molecule has 1 aliphatic heterocycles. The third kappa shape index (κ3) is 4.27. The summed E-state index contributed by atoms with van der Waals surface area (Å²) in [6.45, 7) is 0.695. The minimum Gasteiger partial charge on any atom is -0.481 e. The monoisotopic (exact) mass is 359 g/mol. The molecule has 1 atom stereocenters. The van der Waals surface area contributed by atoms with Gasteiger partial charge in [-0.25, -0.2) is 14.2 Å². The minimum atomic E-state index is -0.890. The van der Waals surface area contributed by atoms with Gasteiger partial charge in [-0.15, -0.1) is 0 Å². The molecule has 1 saturated heterocycles. The van der Waals surface area contributed by atoms with Crippen LogP contribution in [0.4, 0.5) is 14.9 Å². The molecule has 0 bridgehead atoms. The van der Waals surface area contributed by atoms with Gasteiger partial charge in [-0.2, -0.15) is 0 Å². The zero-order valence-electron chi connectivity index (χ0n) is 13.9. The highest BCUT2D eigenvalue weighted by Gasteiger charge is 2.28. The number of halogens is 1. The number of amides is 2. The standard InChI is InChI=1S/C18H18FN3O4/c19-14-5-1-2-6-15(14)26-16-8-7-13(10-20-16)21-18(25)22-9-3-4-12(11-22)17(23)24/h1-2,5-8,10,12H,3-4,9,11H2,(H,21,25)(H,23,24). The Balaban J connectivity index is 1.59. The molecule has 7 nitrogen and oxygen atoms in total. The van der Waals surface area contributed by atoms with Crippen molar-refractivity contribution in [3.8, 4) is 11.6 Å². The lowest BCUT2D eigenvalue weighted by Gasteiger charge is -2.30. The van der Waals surface area contributed by atoms with Crippen molar-refractivity contribution in [1.82, 2.24) is 9.88 Å². The number of carbonyl (C=O) groups is 2. The molecule has 3 rings (SSSR count). The van der Waals surface area contributed by atoms with Crippen molar-refractivity contribution < 1.29 is 23.8 Å². The molecule has 0 radical (unpaired) electrons. The summed E-state index contributed by atoms with van der Waals surface area (Å²) in [5, 5.41) is 11.8. The van der Waals surface area contributed by atoms with Gasteiger partial charge in [0.05, 0.1) is 17.8 Å². The second kappa shape index (κ2) is 7.81. The summed E-state index contributed by atoms with van der Waals surface area (Å²) in [4.78, 5) is 28.9. The number of piperidine rings is 1. The fourth-order valence-corrected chi connectivity index (χ4v) is 2.72. The van der Waals surface area contributed by atoms with Crippen LogP contribution in [-0.4, -0.2) is 40.1 Å². The Labute approximate surface area is 149 Å². The molecule has 0 aliphatic carbocycles. The molecule has 26 heavy (non-hydrogen) atoms. The average Bonchev–Trinajstić information content (AvgIpc) is 2.65. The maximum atomic E-state index is 13.6. The first kappa shape index (κ1) is 17.7. The van der Waals surface area contributed by atoms with Gasteiger partial charge in [0.1, 0.15) is 0 Å². The Bertz CT molecular complexity index is 797. The molecular weight excluding hydrogens is 341 g/mol. The van der Waals surface area contributed by atoms with E-state index in [0.29, 0.717) is 25.1 Å². The second-order valence-corrected chi connectivity index (χ2v) is 5.97. The van der Waals surface area contributed by atoms with Gasteiger partial charge in [0.2, 0.25) is 5.88 Å². The number of urea groups is 1. The summed E-state index contributed by atoms with van der Waals surface area (Å²) < 4.78 is 18.9. The van der Waals surface area contributed by atoms with Gasteiger partial charge < -0.3 is 20.1 Å². The van der Waals surface area contributed by atoms with Gasteiger partial charge in [-0.3, -0.25) is 4.79 Å². The molecule has 136 valence electrons. The Hall–Kier alpha value is -3.16. The van der Waals surface area contributed by atoms with Gasteiger partial charge in [-0.1, -0.05) is 12.1 Å². The number of hydrogen-bond donors (Lipinski definition) is 2. The van der Waals surface area contributed by atoms with Crippen molar-refractivity contribution in [2.24, 2.45) is 5.92 Å². The molecule has 1 aromatic carbocycles. The van der Waals surface area contributed by atoms with Crippen LogP contribution in [0, 0.1) is 11.7 Å². The van der Waals surface area contributed by atoms with Gasteiger partial charge in [0.15, 0.2) is 11.6 Å². The number of benzene rings is 1. The van der Waals surface area contributed by atoms with Gasteiger partial charge in [-0.05, 0) is 31.0 Å². The fourth-order valence-electron chi connectivity index (χ4n) is 2.72. The number of carbonyl (C=O) groups excluding carboxylic acids is 1. The van der Waals surface area contributed by atoms with Crippen molar-refractivity contribution in [3.05, 3.63) is 48.4 Å². The van der Waals surface area contributed by atoms with Crippen molar-refractivity contribution in [2.45, 2.75) is 12.8 Å². The number of nitrogens with one attached hydrogen (secondary N) is 1. The molecule has 2 amide bonds. The van der Waals surface area contributed by atoms with Gasteiger partial charge in [0.25, 0.3) is 0 Å². The van der Waals surface area contributed by atoms with Crippen molar-refractivity contribution in [3.63, 3.8) is 0 Å². The normalized spacial score (nSPS) is 16.8. The molecular formula is C18H18FN3O4. The van der Waals surface area contributed by atoms with E-state index in [1.165, 1.54) is 29.3 Å². The molecule has 8 heteroatoms. The molecule has 1 fully saturated rings. The number of carboxylic acids is 1. The van der Waals surface area contributed by atoms with Crippen LogP contribution in [0.5, 0.6) is 11.6 Å². The van der Waals surface area contributed by atoms with E-state index in [-0.39, 0.29) is 24.2 Å². The number of hydrogen-bond acceptors (Lipinski definition) is 4. The number of aromatic nitrogens is 1. The third-order valence-corrected chi connectivity index (χ3v) is 4.10. The summed E-state index contributed by atoms with van der Waals surface area (Å²) in [7, 11) is 0. The topological polar surface area (TPSA) is 91.8 Å². The SMILES string of the molecule is O=C(O)C1CCCN(C(=O)Nc2ccc(Oc3ccccc3F)nc2)C1. The second-order valence-electron chi connectivity index (χ2n) is 5.97. The predicted octanol–water partition coefficient (Wildman–Crippen LogP) is 3.34. The van der Waals surface area contributed by atoms with Crippen molar-refractivity contribution in [1.29, 1.82) is 0 Å². The Morgan fingerprint density at radius 1 is 1.27 bits per heavy atom. The van der Waals surface area contributed by atoms with Crippen LogP contribution in [0.25, 0.3) is 0 Å². The molecule has 2 heterocycles. The van der Waals surface area contributed by atoms with E-state index >= 15 is 0 Å². The number of rotatable bonds is 4. The predicted molar refractivity (Wildman–Crippen MR) is 91.7 cm³/mol. The largest absolute Gasteiger partial charge is 0.481 e. The summed E-state index contributed by atoms with van der Waals surface area (Å²) in [6.07, 6.45) is 2.62. The van der Waals surface area contributed by atoms with Gasteiger partial charge >= 0.3 is 12.0 Å². The lowest BCUT2D eigenvalue weighted by Crippen LogP contribution is -2.44. The van der Waals surface area contributed by atoms with Crippen LogP contribution in [0.15, 0.2) is 42.6 Å². The van der Waals surface area contributed by atoms with E-state index < -0.39 is 17.7 Å². The average molecular weight is 359 g/mol. The fraction of sp³-hybridized carbons (Fsp3) is 0.278. The quantitative estimate of drug-likeness (QED) is 0.873. The highest BCUT2D eigenvalue weighted by Crippen LogP contribution is 2.23. The van der Waals surface area contributed by atoms with E-state index in [2.05, 4.69) is 10.3 Å². The van der Waals surface area contributed by atoms with Crippen molar-refractivity contribution in [2.75, 3.05) is 18.4 Å². The van der Waals surface area contributed by atoms with Crippen LogP contribution in [0.3, 0.4) is 0 Å². The minimum absolute atomic E-state index is 0.0600. The highest BCUT2D eigenvalue weighted by atomic mass is 19.1. The molecule has 2 N–H and O–H groups in total. The van der Waals surface area contributed by atoms with E-state index in [1.54, 1.807) is 18.2 Å².